The number of amides is 1. The summed E-state index contributed by atoms with van der Waals surface area (Å²) < 4.78 is 0. The number of carbonyl (C=O) groups is 1. The van der Waals surface area contributed by atoms with Crippen molar-refractivity contribution in [2.45, 2.75) is 58.0 Å². The average molecular weight is 284 g/mol. The summed E-state index contributed by atoms with van der Waals surface area (Å²) >= 11 is 0. The minimum Gasteiger partial charge on any atom is -0.326 e. The summed E-state index contributed by atoms with van der Waals surface area (Å²) in [6, 6.07) is 7.10. The number of terminal acetylenes is 1. The normalized spacial score (nSPS) is 18.4. The maximum Gasteiger partial charge on any atom is 0.221 e. The Bertz CT molecular complexity index is 545. The fourth-order valence-electron chi connectivity index (χ4n) is 2.98. The molecule has 1 aromatic carbocycles. The van der Waals surface area contributed by atoms with E-state index in [1.807, 2.05) is 6.07 Å². The van der Waals surface area contributed by atoms with Gasteiger partial charge in [0.15, 0.2) is 0 Å². The molecule has 1 aromatic rings. The molecule has 3 heteroatoms. The van der Waals surface area contributed by atoms with Crippen LogP contribution in [0.3, 0.4) is 0 Å². The number of nitrogens with one attached hydrogen (secondary N) is 2. The Morgan fingerprint density at radius 1 is 1.48 bits per heavy atom. The first-order valence-electron chi connectivity index (χ1n) is 7.71. The zero-order chi connectivity index (χ0) is 15.2. The van der Waals surface area contributed by atoms with Gasteiger partial charge in [-0.2, -0.15) is 0 Å². The van der Waals surface area contributed by atoms with Crippen LogP contribution < -0.4 is 10.6 Å². The fourth-order valence-corrected chi connectivity index (χ4v) is 2.98. The van der Waals surface area contributed by atoms with Gasteiger partial charge in [0.05, 0.1) is 0 Å². The van der Waals surface area contributed by atoms with E-state index in [-0.39, 0.29) is 5.91 Å². The van der Waals surface area contributed by atoms with Crippen LogP contribution in [-0.4, -0.2) is 18.0 Å². The molecule has 0 saturated carbocycles. The van der Waals surface area contributed by atoms with Crippen LogP contribution in [0, 0.1) is 12.3 Å². The van der Waals surface area contributed by atoms with Gasteiger partial charge in [-0.25, -0.2) is 0 Å². The van der Waals surface area contributed by atoms with Crippen molar-refractivity contribution in [3.8, 4) is 12.3 Å². The molecule has 0 aliphatic heterocycles. The number of hydrogen-bond acceptors (Lipinski definition) is 2. The molecule has 0 spiro atoms. The number of aryl methyl sites for hydroxylation is 1. The summed E-state index contributed by atoms with van der Waals surface area (Å²) in [5.74, 6) is 2.72. The second-order valence-electron chi connectivity index (χ2n) is 5.78. The molecular formula is C18H24N2O. The topological polar surface area (TPSA) is 41.1 Å². The lowest BCUT2D eigenvalue weighted by atomic mass is 9.87. The van der Waals surface area contributed by atoms with E-state index in [1.165, 1.54) is 18.1 Å². The molecule has 112 valence electrons. The van der Waals surface area contributed by atoms with E-state index in [9.17, 15) is 4.79 Å². The van der Waals surface area contributed by atoms with Crippen LogP contribution in [0.15, 0.2) is 18.2 Å². The second-order valence-corrected chi connectivity index (χ2v) is 5.78. The Balaban J connectivity index is 2.04. The van der Waals surface area contributed by atoms with Crippen molar-refractivity contribution in [1.82, 2.24) is 5.32 Å². The summed E-state index contributed by atoms with van der Waals surface area (Å²) in [5.41, 5.74) is 3.62. The Labute approximate surface area is 127 Å². The molecule has 0 heterocycles. The van der Waals surface area contributed by atoms with E-state index in [0.717, 1.165) is 37.8 Å². The largest absolute Gasteiger partial charge is 0.326 e. The summed E-state index contributed by atoms with van der Waals surface area (Å²) in [7, 11) is 0. The molecule has 0 saturated heterocycles. The van der Waals surface area contributed by atoms with Gasteiger partial charge < -0.3 is 10.6 Å². The molecule has 0 aromatic heterocycles. The van der Waals surface area contributed by atoms with Crippen LogP contribution in [0.4, 0.5) is 5.69 Å². The lowest BCUT2D eigenvalue weighted by Crippen LogP contribution is -2.41. The van der Waals surface area contributed by atoms with Crippen LogP contribution in [0.1, 0.15) is 44.2 Å². The molecule has 2 N–H and O–H groups in total. The third-order valence-corrected chi connectivity index (χ3v) is 4.08. The van der Waals surface area contributed by atoms with Gasteiger partial charge in [-0.05, 0) is 48.9 Å². The van der Waals surface area contributed by atoms with E-state index in [2.05, 4.69) is 35.6 Å². The van der Waals surface area contributed by atoms with Crippen molar-refractivity contribution in [1.29, 1.82) is 0 Å². The van der Waals surface area contributed by atoms with Gasteiger partial charge in [0.25, 0.3) is 0 Å². The van der Waals surface area contributed by atoms with Gasteiger partial charge in [0.1, 0.15) is 0 Å². The van der Waals surface area contributed by atoms with Crippen molar-refractivity contribution in [2.24, 2.45) is 0 Å². The highest BCUT2D eigenvalue weighted by Gasteiger charge is 2.20. The highest BCUT2D eigenvalue weighted by atomic mass is 16.1. The highest BCUT2D eigenvalue weighted by Crippen LogP contribution is 2.25. The molecule has 0 bridgehead atoms. The van der Waals surface area contributed by atoms with Crippen molar-refractivity contribution < 1.29 is 4.79 Å². The first-order valence-corrected chi connectivity index (χ1v) is 7.71. The first-order chi connectivity index (χ1) is 10.1. The van der Waals surface area contributed by atoms with E-state index < -0.39 is 0 Å². The van der Waals surface area contributed by atoms with Gasteiger partial charge in [-0.3, -0.25) is 4.79 Å². The maximum absolute atomic E-state index is 11.2. The minimum atomic E-state index is -0.0273. The van der Waals surface area contributed by atoms with Gasteiger partial charge in [0, 0.05) is 31.1 Å². The Hall–Kier alpha value is -1.79. The van der Waals surface area contributed by atoms with Crippen molar-refractivity contribution in [3.63, 3.8) is 0 Å². The zero-order valence-electron chi connectivity index (χ0n) is 12.9. The highest BCUT2D eigenvalue weighted by molar-refractivity contribution is 5.88. The second kappa shape index (κ2) is 7.28. The summed E-state index contributed by atoms with van der Waals surface area (Å²) in [6.07, 6.45) is 10.5. The monoisotopic (exact) mass is 284 g/mol. The lowest BCUT2D eigenvalue weighted by Gasteiger charge is -2.29. The van der Waals surface area contributed by atoms with Crippen molar-refractivity contribution in [2.75, 3.05) is 5.32 Å². The lowest BCUT2D eigenvalue weighted by molar-refractivity contribution is -0.114. The molecule has 1 aliphatic carbocycles. The Kier molecular flexibility index (Phi) is 5.41. The van der Waals surface area contributed by atoms with Crippen molar-refractivity contribution in [3.05, 3.63) is 29.3 Å². The van der Waals surface area contributed by atoms with Gasteiger partial charge in [0.2, 0.25) is 5.91 Å². The number of hydrogen-bond donors (Lipinski definition) is 2. The standard InChI is InChI=1S/C18H24N2O/c1-4-6-16(5-2)20-18-10-8-14-7-9-17(19-13(3)21)11-15(14)12-18/h1,7,9,11,16,18,20H,5-6,8,10,12H2,2-3H3,(H,19,21). The van der Waals surface area contributed by atoms with Crippen LogP contribution in [0.5, 0.6) is 0 Å². The summed E-state index contributed by atoms with van der Waals surface area (Å²) in [6.45, 7) is 3.70. The maximum atomic E-state index is 11.2. The number of anilines is 1. The molecule has 2 atom stereocenters. The van der Waals surface area contributed by atoms with Gasteiger partial charge in [-0.15, -0.1) is 12.3 Å². The minimum absolute atomic E-state index is 0.0273. The first kappa shape index (κ1) is 15.6. The molecule has 1 amide bonds. The molecule has 0 fully saturated rings. The SMILES string of the molecule is C#CCC(CC)NC1CCc2ccc(NC(C)=O)cc2C1. The molecular weight excluding hydrogens is 260 g/mol. The van der Waals surface area contributed by atoms with Crippen LogP contribution >= 0.6 is 0 Å². The Morgan fingerprint density at radius 3 is 2.95 bits per heavy atom. The third kappa shape index (κ3) is 4.34. The predicted molar refractivity (Wildman–Crippen MR) is 87.2 cm³/mol. The molecule has 1 aliphatic rings. The van der Waals surface area contributed by atoms with Crippen molar-refractivity contribution >= 4 is 11.6 Å². The van der Waals surface area contributed by atoms with Crippen LogP contribution in [0.2, 0.25) is 0 Å². The zero-order valence-corrected chi connectivity index (χ0v) is 12.9. The number of fused-ring (bicyclic) bond motifs is 1. The third-order valence-electron chi connectivity index (χ3n) is 4.08. The summed E-state index contributed by atoms with van der Waals surface area (Å²) in [4.78, 5) is 11.2. The Morgan fingerprint density at radius 2 is 2.29 bits per heavy atom. The van der Waals surface area contributed by atoms with E-state index in [4.69, 9.17) is 6.42 Å². The molecule has 2 rings (SSSR count). The molecule has 0 radical (unpaired) electrons. The molecule has 3 nitrogen and oxygen atoms in total. The molecule has 21 heavy (non-hydrogen) atoms. The average Bonchev–Trinajstić information content (AvgIpc) is 2.45. The summed E-state index contributed by atoms with van der Waals surface area (Å²) in [5, 5.41) is 6.53. The van der Waals surface area contributed by atoms with E-state index >= 15 is 0 Å². The van der Waals surface area contributed by atoms with E-state index in [1.54, 1.807) is 0 Å². The van der Waals surface area contributed by atoms with Crippen LogP contribution in [0.25, 0.3) is 0 Å². The fraction of sp³-hybridized carbons (Fsp3) is 0.500. The van der Waals surface area contributed by atoms with Gasteiger partial charge >= 0.3 is 0 Å². The molecule has 2 unspecified atom stereocenters. The van der Waals surface area contributed by atoms with Crippen LogP contribution in [-0.2, 0) is 17.6 Å². The van der Waals surface area contributed by atoms with E-state index in [0.29, 0.717) is 12.1 Å². The quantitative estimate of drug-likeness (QED) is 0.816. The number of rotatable bonds is 5. The van der Waals surface area contributed by atoms with Gasteiger partial charge in [-0.1, -0.05) is 13.0 Å². The number of carbonyl (C=O) groups excluding carboxylic acids is 1. The predicted octanol–water partition coefficient (Wildman–Crippen LogP) is 2.89. The smallest absolute Gasteiger partial charge is 0.221 e. The number of benzene rings is 1.